The van der Waals surface area contributed by atoms with Gasteiger partial charge in [0.25, 0.3) is 0 Å². The van der Waals surface area contributed by atoms with Crippen LogP contribution < -0.4 is 5.32 Å². The lowest BCUT2D eigenvalue weighted by molar-refractivity contribution is -0.143. The Hall–Kier alpha value is -1.55. The summed E-state index contributed by atoms with van der Waals surface area (Å²) in [5.41, 5.74) is -0.0777. The van der Waals surface area contributed by atoms with Crippen LogP contribution >= 0.6 is 0 Å². The second-order valence-corrected chi connectivity index (χ2v) is 3.86. The molecule has 1 saturated heterocycles. The first-order chi connectivity index (χ1) is 7.15. The van der Waals surface area contributed by atoms with Crippen LogP contribution in [-0.2, 0) is 10.2 Å². The molecule has 1 aromatic carbocycles. The Morgan fingerprint density at radius 1 is 1.33 bits per heavy atom. The molecule has 0 radical (unpaired) electrons. The second-order valence-electron chi connectivity index (χ2n) is 3.86. The maximum absolute atomic E-state index is 11.3. The summed E-state index contributed by atoms with van der Waals surface area (Å²) in [4.78, 5) is 11.3. The van der Waals surface area contributed by atoms with E-state index in [0.29, 0.717) is 19.5 Å². The van der Waals surface area contributed by atoms with Gasteiger partial charge in [-0.15, -0.1) is 0 Å². The summed E-state index contributed by atoms with van der Waals surface area (Å²) in [6, 6.07) is 6.41. The third kappa shape index (κ3) is 1.57. The molecule has 1 aromatic rings. The van der Waals surface area contributed by atoms with E-state index in [4.69, 9.17) is 5.11 Å². The number of aliphatic carboxylic acids is 1. The van der Waals surface area contributed by atoms with Gasteiger partial charge < -0.3 is 15.5 Å². The van der Waals surface area contributed by atoms with E-state index in [2.05, 4.69) is 5.32 Å². The number of hydrogen-bond donors (Lipinski definition) is 3. The zero-order chi connectivity index (χ0) is 10.9. The van der Waals surface area contributed by atoms with Crippen LogP contribution in [0.3, 0.4) is 0 Å². The van der Waals surface area contributed by atoms with Gasteiger partial charge in [0, 0.05) is 6.54 Å². The molecule has 0 saturated carbocycles. The highest BCUT2D eigenvalue weighted by molar-refractivity contribution is 5.82. The molecule has 80 valence electrons. The van der Waals surface area contributed by atoms with Crippen LogP contribution in [0.25, 0.3) is 0 Å². The summed E-state index contributed by atoms with van der Waals surface area (Å²) in [5, 5.41) is 21.5. The maximum atomic E-state index is 11.3. The molecule has 0 spiro atoms. The van der Waals surface area contributed by atoms with E-state index in [1.807, 2.05) is 0 Å². The van der Waals surface area contributed by atoms with Crippen molar-refractivity contribution in [1.29, 1.82) is 0 Å². The minimum atomic E-state index is -0.826. The molecule has 0 aliphatic carbocycles. The Kier molecular flexibility index (Phi) is 2.36. The van der Waals surface area contributed by atoms with Gasteiger partial charge in [0.05, 0.1) is 0 Å². The molecule has 0 amide bonds. The molecule has 0 bridgehead atoms. The molecule has 4 nitrogen and oxygen atoms in total. The molecular weight excluding hydrogens is 194 g/mol. The molecule has 4 heteroatoms. The predicted molar refractivity (Wildman–Crippen MR) is 54.9 cm³/mol. The van der Waals surface area contributed by atoms with Gasteiger partial charge in [-0.1, -0.05) is 12.1 Å². The zero-order valence-corrected chi connectivity index (χ0v) is 8.23. The largest absolute Gasteiger partial charge is 0.508 e. The van der Waals surface area contributed by atoms with Gasteiger partial charge in [-0.25, -0.2) is 0 Å². The SMILES string of the molecule is O=C(O)C1(c2ccc(O)cc2)CCNC1. The Bertz CT molecular complexity index is 366. The van der Waals surface area contributed by atoms with Crippen molar-refractivity contribution in [2.75, 3.05) is 13.1 Å². The number of carboxylic acid groups (broad SMARTS) is 1. The molecule has 15 heavy (non-hydrogen) atoms. The monoisotopic (exact) mass is 207 g/mol. The minimum Gasteiger partial charge on any atom is -0.508 e. The van der Waals surface area contributed by atoms with E-state index in [1.54, 1.807) is 12.1 Å². The number of nitrogens with one attached hydrogen (secondary N) is 1. The van der Waals surface area contributed by atoms with Gasteiger partial charge in [0.15, 0.2) is 0 Å². The van der Waals surface area contributed by atoms with Gasteiger partial charge in [-0.2, -0.15) is 0 Å². The number of carbonyl (C=O) groups is 1. The molecule has 2 rings (SSSR count). The number of phenols is 1. The van der Waals surface area contributed by atoms with Crippen LogP contribution in [0.4, 0.5) is 0 Å². The van der Waals surface area contributed by atoms with Crippen molar-refractivity contribution in [2.24, 2.45) is 0 Å². The molecule has 1 heterocycles. The topological polar surface area (TPSA) is 69.6 Å². The lowest BCUT2D eigenvalue weighted by atomic mass is 9.80. The number of hydrogen-bond acceptors (Lipinski definition) is 3. The molecule has 0 aromatic heterocycles. The summed E-state index contributed by atoms with van der Waals surface area (Å²) in [7, 11) is 0. The lowest BCUT2D eigenvalue weighted by Gasteiger charge is -2.23. The number of rotatable bonds is 2. The Balaban J connectivity index is 2.41. The minimum absolute atomic E-state index is 0.158. The number of carboxylic acids is 1. The first-order valence-electron chi connectivity index (χ1n) is 4.89. The van der Waals surface area contributed by atoms with Crippen molar-refractivity contribution >= 4 is 5.97 Å². The second kappa shape index (κ2) is 3.55. The number of benzene rings is 1. The molecule has 1 unspecified atom stereocenters. The maximum Gasteiger partial charge on any atom is 0.315 e. The van der Waals surface area contributed by atoms with Crippen LogP contribution in [0, 0.1) is 0 Å². The van der Waals surface area contributed by atoms with E-state index >= 15 is 0 Å². The average molecular weight is 207 g/mol. The van der Waals surface area contributed by atoms with Crippen LogP contribution in [0.1, 0.15) is 12.0 Å². The molecule has 1 fully saturated rings. The Morgan fingerprint density at radius 3 is 2.47 bits per heavy atom. The predicted octanol–water partition coefficient (Wildman–Crippen LogP) is 0.708. The normalized spacial score (nSPS) is 25.3. The van der Waals surface area contributed by atoms with Crippen molar-refractivity contribution in [3.05, 3.63) is 29.8 Å². The van der Waals surface area contributed by atoms with E-state index in [9.17, 15) is 9.90 Å². The van der Waals surface area contributed by atoms with E-state index in [0.717, 1.165) is 5.56 Å². The molecule has 3 N–H and O–H groups in total. The third-order valence-electron chi connectivity index (χ3n) is 2.98. The fourth-order valence-corrected chi connectivity index (χ4v) is 2.02. The summed E-state index contributed by atoms with van der Waals surface area (Å²) < 4.78 is 0. The summed E-state index contributed by atoms with van der Waals surface area (Å²) >= 11 is 0. The van der Waals surface area contributed by atoms with E-state index in [-0.39, 0.29) is 5.75 Å². The van der Waals surface area contributed by atoms with Gasteiger partial charge in [0.2, 0.25) is 0 Å². The van der Waals surface area contributed by atoms with Crippen molar-refractivity contribution in [2.45, 2.75) is 11.8 Å². The molecule has 1 aliphatic rings. The van der Waals surface area contributed by atoms with Crippen LogP contribution in [0.15, 0.2) is 24.3 Å². The third-order valence-corrected chi connectivity index (χ3v) is 2.98. The van der Waals surface area contributed by atoms with Crippen molar-refractivity contribution in [1.82, 2.24) is 5.32 Å². The molecular formula is C11H13NO3. The number of phenolic OH excluding ortho intramolecular Hbond substituents is 1. The van der Waals surface area contributed by atoms with Crippen LogP contribution in [0.5, 0.6) is 5.75 Å². The standard InChI is InChI=1S/C11H13NO3/c13-9-3-1-8(2-4-9)11(10(14)15)5-6-12-7-11/h1-4,12-13H,5-7H2,(H,14,15). The summed E-state index contributed by atoms with van der Waals surface area (Å²) in [6.45, 7) is 1.17. The van der Waals surface area contributed by atoms with Crippen molar-refractivity contribution in [3.8, 4) is 5.75 Å². The van der Waals surface area contributed by atoms with Crippen molar-refractivity contribution < 1.29 is 15.0 Å². The first-order valence-corrected chi connectivity index (χ1v) is 4.89. The van der Waals surface area contributed by atoms with Gasteiger partial charge in [-0.05, 0) is 30.7 Å². The average Bonchev–Trinajstić information content (AvgIpc) is 2.69. The lowest BCUT2D eigenvalue weighted by Crippen LogP contribution is -2.37. The van der Waals surface area contributed by atoms with Crippen LogP contribution in [0.2, 0.25) is 0 Å². The highest BCUT2D eigenvalue weighted by atomic mass is 16.4. The first kappa shape index (κ1) is 9.98. The molecule has 1 aliphatic heterocycles. The van der Waals surface area contributed by atoms with Crippen molar-refractivity contribution in [3.63, 3.8) is 0 Å². The van der Waals surface area contributed by atoms with Gasteiger partial charge >= 0.3 is 5.97 Å². The zero-order valence-electron chi connectivity index (χ0n) is 8.23. The highest BCUT2D eigenvalue weighted by Gasteiger charge is 2.42. The quantitative estimate of drug-likeness (QED) is 0.668. The summed E-state index contributed by atoms with van der Waals surface area (Å²) in [6.07, 6.45) is 0.590. The highest BCUT2D eigenvalue weighted by Crippen LogP contribution is 2.31. The Labute approximate surface area is 87.6 Å². The van der Waals surface area contributed by atoms with Crippen LogP contribution in [-0.4, -0.2) is 29.3 Å². The fourth-order valence-electron chi connectivity index (χ4n) is 2.02. The smallest absolute Gasteiger partial charge is 0.315 e. The molecule has 1 atom stereocenters. The fraction of sp³-hybridized carbons (Fsp3) is 0.364. The van der Waals surface area contributed by atoms with Gasteiger partial charge in [0.1, 0.15) is 11.2 Å². The Morgan fingerprint density at radius 2 is 2.00 bits per heavy atom. The summed E-state index contributed by atoms with van der Waals surface area (Å²) in [5.74, 6) is -0.650. The van der Waals surface area contributed by atoms with E-state index in [1.165, 1.54) is 12.1 Å². The number of aromatic hydroxyl groups is 1. The van der Waals surface area contributed by atoms with Gasteiger partial charge in [-0.3, -0.25) is 4.79 Å². The van der Waals surface area contributed by atoms with E-state index < -0.39 is 11.4 Å².